The van der Waals surface area contributed by atoms with Crippen molar-refractivity contribution < 1.29 is 24.4 Å². The maximum absolute atomic E-state index is 11.4. The molecule has 0 heterocycles. The highest BCUT2D eigenvalue weighted by Gasteiger charge is 2.17. The lowest BCUT2D eigenvalue weighted by Gasteiger charge is -2.09. The van der Waals surface area contributed by atoms with Gasteiger partial charge in [0.1, 0.15) is 12.2 Å². The molecule has 7 nitrogen and oxygen atoms in total. The van der Waals surface area contributed by atoms with E-state index in [0.29, 0.717) is 5.56 Å². The number of Topliss-reactive ketones (excluding diaryl/α,β-unsaturated/α-hetero) is 1. The van der Waals surface area contributed by atoms with Gasteiger partial charge in [-0.25, -0.2) is 0 Å². The van der Waals surface area contributed by atoms with Crippen molar-refractivity contribution in [3.63, 3.8) is 0 Å². The van der Waals surface area contributed by atoms with Crippen LogP contribution in [0.5, 0.6) is 0 Å². The number of benzene rings is 1. The summed E-state index contributed by atoms with van der Waals surface area (Å²) in [7, 11) is 1.17. The molecule has 0 saturated carbocycles. The summed E-state index contributed by atoms with van der Waals surface area (Å²) in [5.41, 5.74) is 0.278. The Morgan fingerprint density at radius 2 is 1.95 bits per heavy atom. The van der Waals surface area contributed by atoms with Crippen molar-refractivity contribution in [2.24, 2.45) is 0 Å². The minimum Gasteiger partial charge on any atom is -0.469 e. The van der Waals surface area contributed by atoms with Crippen LogP contribution in [-0.4, -0.2) is 28.9 Å². The fourth-order valence-electron chi connectivity index (χ4n) is 1.46. The molecule has 0 bridgehead atoms. The molecule has 0 unspecified atom stereocenters. The van der Waals surface area contributed by atoms with Gasteiger partial charge in [-0.1, -0.05) is 0 Å². The van der Waals surface area contributed by atoms with Gasteiger partial charge < -0.3 is 9.84 Å². The average Bonchev–Trinajstić information content (AvgIpc) is 2.38. The third kappa shape index (κ3) is 4.47. The fourth-order valence-corrected chi connectivity index (χ4v) is 1.46. The Morgan fingerprint density at radius 3 is 2.42 bits per heavy atom. The second-order valence-electron chi connectivity index (χ2n) is 3.86. The topological polar surface area (TPSA) is 107 Å². The number of non-ortho nitro benzene ring substituents is 1. The fraction of sp³-hybridized carbons (Fsp3) is 0.333. The van der Waals surface area contributed by atoms with E-state index < -0.39 is 29.2 Å². The molecule has 0 fully saturated rings. The average molecular weight is 267 g/mol. The van der Waals surface area contributed by atoms with E-state index in [0.717, 1.165) is 0 Å². The van der Waals surface area contributed by atoms with Crippen LogP contribution < -0.4 is 0 Å². The maximum atomic E-state index is 11.4. The van der Waals surface area contributed by atoms with Gasteiger partial charge in [-0.2, -0.15) is 0 Å². The molecule has 1 rings (SSSR count). The minimum absolute atomic E-state index is 0.100. The van der Waals surface area contributed by atoms with Crippen LogP contribution in [0.15, 0.2) is 24.3 Å². The van der Waals surface area contributed by atoms with Gasteiger partial charge in [-0.05, 0) is 17.7 Å². The lowest BCUT2D eigenvalue weighted by atomic mass is 10.0. The monoisotopic (exact) mass is 267 g/mol. The number of hydrogen-bond donors (Lipinski definition) is 1. The summed E-state index contributed by atoms with van der Waals surface area (Å²) < 4.78 is 4.33. The molecule has 0 saturated heterocycles. The van der Waals surface area contributed by atoms with Crippen LogP contribution in [0.4, 0.5) is 5.69 Å². The summed E-state index contributed by atoms with van der Waals surface area (Å²) in [6.07, 6.45) is -1.74. The van der Waals surface area contributed by atoms with E-state index >= 15 is 0 Å². The quantitative estimate of drug-likeness (QED) is 0.358. The van der Waals surface area contributed by atoms with Crippen LogP contribution >= 0.6 is 0 Å². The standard InChI is InChI=1S/C12H13NO6/c1-19-12(16)7-10(14)6-11(15)8-2-4-9(5-3-8)13(17)18/h2-5,11,15H,6-7H2,1H3/t11-/m0/s1. The Morgan fingerprint density at radius 1 is 1.37 bits per heavy atom. The predicted molar refractivity (Wildman–Crippen MR) is 64.3 cm³/mol. The molecule has 1 aromatic rings. The van der Waals surface area contributed by atoms with E-state index in [1.807, 2.05) is 0 Å². The molecule has 0 amide bonds. The van der Waals surface area contributed by atoms with Gasteiger partial charge in [-0.3, -0.25) is 19.7 Å². The zero-order valence-electron chi connectivity index (χ0n) is 10.2. The number of esters is 1. The SMILES string of the molecule is COC(=O)CC(=O)C[C@H](O)c1ccc([N+](=O)[O-])cc1. The summed E-state index contributed by atoms with van der Waals surface area (Å²) in [6.45, 7) is 0. The van der Waals surface area contributed by atoms with Gasteiger partial charge >= 0.3 is 5.97 Å². The first-order chi connectivity index (χ1) is 8.93. The number of ketones is 1. The molecule has 0 aliphatic heterocycles. The van der Waals surface area contributed by atoms with Crippen LogP contribution in [0.2, 0.25) is 0 Å². The molecule has 1 aromatic carbocycles. The molecule has 7 heteroatoms. The normalized spacial score (nSPS) is 11.7. The van der Waals surface area contributed by atoms with E-state index in [1.165, 1.54) is 31.4 Å². The molecule has 0 radical (unpaired) electrons. The third-order valence-corrected chi connectivity index (χ3v) is 2.48. The van der Waals surface area contributed by atoms with Crippen LogP contribution in [0.25, 0.3) is 0 Å². The smallest absolute Gasteiger partial charge is 0.313 e. The Balaban J connectivity index is 2.62. The Labute approximate surface area is 109 Å². The molecule has 1 atom stereocenters. The van der Waals surface area contributed by atoms with Crippen molar-refractivity contribution in [1.82, 2.24) is 0 Å². The van der Waals surface area contributed by atoms with E-state index in [2.05, 4.69) is 4.74 Å². The van der Waals surface area contributed by atoms with E-state index in [-0.39, 0.29) is 12.1 Å². The van der Waals surface area contributed by atoms with Crippen LogP contribution in [0, 0.1) is 10.1 Å². The van der Waals surface area contributed by atoms with Crippen LogP contribution in [0.1, 0.15) is 24.5 Å². The second-order valence-corrected chi connectivity index (χ2v) is 3.86. The number of ether oxygens (including phenoxy) is 1. The van der Waals surface area contributed by atoms with Gasteiger partial charge in [0, 0.05) is 18.6 Å². The Bertz CT molecular complexity index is 481. The Kier molecular flexibility index (Phi) is 5.13. The number of carbonyl (C=O) groups excluding carboxylic acids is 2. The number of aliphatic hydroxyl groups is 1. The van der Waals surface area contributed by atoms with Crippen molar-refractivity contribution >= 4 is 17.4 Å². The van der Waals surface area contributed by atoms with E-state index in [4.69, 9.17) is 0 Å². The number of carbonyl (C=O) groups is 2. The first kappa shape index (κ1) is 14.8. The van der Waals surface area contributed by atoms with Crippen molar-refractivity contribution in [2.75, 3.05) is 7.11 Å². The molecular formula is C12H13NO6. The second kappa shape index (κ2) is 6.60. The molecule has 0 aliphatic rings. The highest BCUT2D eigenvalue weighted by molar-refractivity contribution is 5.95. The number of nitro groups is 1. The lowest BCUT2D eigenvalue weighted by molar-refractivity contribution is -0.384. The predicted octanol–water partition coefficient (Wildman–Crippen LogP) is 1.15. The maximum Gasteiger partial charge on any atom is 0.313 e. The molecule has 1 N–H and O–H groups in total. The van der Waals surface area contributed by atoms with Gasteiger partial charge in [0.05, 0.1) is 18.1 Å². The lowest BCUT2D eigenvalue weighted by Crippen LogP contribution is -2.12. The molecular weight excluding hydrogens is 254 g/mol. The summed E-state index contributed by atoms with van der Waals surface area (Å²) in [5, 5.41) is 20.2. The molecule has 0 aliphatic carbocycles. The largest absolute Gasteiger partial charge is 0.469 e. The zero-order valence-corrected chi connectivity index (χ0v) is 10.2. The van der Waals surface area contributed by atoms with Crippen molar-refractivity contribution in [3.8, 4) is 0 Å². The highest BCUT2D eigenvalue weighted by atomic mass is 16.6. The Hall–Kier alpha value is -2.28. The van der Waals surface area contributed by atoms with Gasteiger partial charge in [0.25, 0.3) is 5.69 Å². The van der Waals surface area contributed by atoms with Crippen molar-refractivity contribution in [3.05, 3.63) is 39.9 Å². The van der Waals surface area contributed by atoms with Gasteiger partial charge in [-0.15, -0.1) is 0 Å². The number of methoxy groups -OCH3 is 1. The minimum atomic E-state index is -1.10. The van der Waals surface area contributed by atoms with Gasteiger partial charge in [0.15, 0.2) is 0 Å². The van der Waals surface area contributed by atoms with Crippen LogP contribution in [-0.2, 0) is 14.3 Å². The number of nitrogens with zero attached hydrogens (tertiary/aromatic N) is 1. The van der Waals surface area contributed by atoms with Crippen LogP contribution in [0.3, 0.4) is 0 Å². The number of nitro benzene ring substituents is 1. The molecule has 0 aromatic heterocycles. The molecule has 0 spiro atoms. The third-order valence-electron chi connectivity index (χ3n) is 2.48. The van der Waals surface area contributed by atoms with Crippen molar-refractivity contribution in [2.45, 2.75) is 18.9 Å². The first-order valence-electron chi connectivity index (χ1n) is 5.45. The number of hydrogen-bond acceptors (Lipinski definition) is 6. The summed E-state index contributed by atoms with van der Waals surface area (Å²) in [6, 6.07) is 5.22. The number of aliphatic hydroxyl groups excluding tert-OH is 1. The first-order valence-corrected chi connectivity index (χ1v) is 5.45. The van der Waals surface area contributed by atoms with Gasteiger partial charge in [0.2, 0.25) is 0 Å². The number of rotatable bonds is 6. The highest BCUT2D eigenvalue weighted by Crippen LogP contribution is 2.20. The summed E-state index contributed by atoms with van der Waals surface area (Å²) in [5.74, 6) is -1.13. The van der Waals surface area contributed by atoms with Crippen molar-refractivity contribution in [1.29, 1.82) is 0 Å². The summed E-state index contributed by atoms with van der Waals surface area (Å²) >= 11 is 0. The zero-order chi connectivity index (χ0) is 14.4. The van der Waals surface area contributed by atoms with E-state index in [1.54, 1.807) is 0 Å². The molecule has 102 valence electrons. The molecule has 19 heavy (non-hydrogen) atoms. The summed E-state index contributed by atoms with van der Waals surface area (Å²) in [4.78, 5) is 32.2. The van der Waals surface area contributed by atoms with E-state index in [9.17, 15) is 24.8 Å².